The summed E-state index contributed by atoms with van der Waals surface area (Å²) in [4.78, 5) is 22.7. The Kier molecular flexibility index (Phi) is 3.15. The lowest BCUT2D eigenvalue weighted by atomic mass is 10.3. The molecule has 2 aromatic heterocycles. The van der Waals surface area contributed by atoms with Crippen molar-refractivity contribution in [1.82, 2.24) is 9.78 Å². The zero-order chi connectivity index (χ0) is 13.3. The molecule has 0 unspecified atom stereocenters. The molecule has 0 radical (unpaired) electrons. The number of thiophene rings is 1. The first-order valence-corrected chi connectivity index (χ1v) is 5.94. The van der Waals surface area contributed by atoms with Crippen LogP contribution in [-0.2, 0) is 7.05 Å². The van der Waals surface area contributed by atoms with E-state index in [0.717, 1.165) is 17.0 Å². The van der Waals surface area contributed by atoms with E-state index in [1.807, 2.05) is 6.92 Å². The summed E-state index contributed by atoms with van der Waals surface area (Å²) >= 11 is 1.01. The molecule has 0 fully saturated rings. The number of anilines is 1. The standard InChI is InChI=1S/C11H11N3O3S/c1-6-5-7(13-14(6)2)10(15)12-9-4-3-8(18-9)11(16)17/h3-5H,1-2H3,(H,12,15)(H,16,17). The van der Waals surface area contributed by atoms with E-state index in [-0.39, 0.29) is 10.8 Å². The van der Waals surface area contributed by atoms with Crippen molar-refractivity contribution in [2.75, 3.05) is 5.32 Å². The molecule has 0 atom stereocenters. The van der Waals surface area contributed by atoms with Crippen molar-refractivity contribution in [3.63, 3.8) is 0 Å². The normalized spacial score (nSPS) is 10.3. The molecule has 0 saturated heterocycles. The van der Waals surface area contributed by atoms with Gasteiger partial charge in [0.1, 0.15) is 4.88 Å². The van der Waals surface area contributed by atoms with Crippen molar-refractivity contribution in [1.29, 1.82) is 0 Å². The maximum Gasteiger partial charge on any atom is 0.345 e. The quantitative estimate of drug-likeness (QED) is 0.885. The second kappa shape index (κ2) is 4.61. The molecule has 94 valence electrons. The van der Waals surface area contributed by atoms with Crippen molar-refractivity contribution in [2.45, 2.75) is 6.92 Å². The summed E-state index contributed by atoms with van der Waals surface area (Å²) in [5.74, 6) is -1.35. The van der Waals surface area contributed by atoms with Gasteiger partial charge in [0.25, 0.3) is 5.91 Å². The molecule has 7 heteroatoms. The number of hydrogen-bond donors (Lipinski definition) is 2. The SMILES string of the molecule is Cc1cc(C(=O)Nc2ccc(C(=O)O)s2)nn1C. The predicted molar refractivity (Wildman–Crippen MR) is 67.2 cm³/mol. The fourth-order valence-electron chi connectivity index (χ4n) is 1.37. The van der Waals surface area contributed by atoms with Gasteiger partial charge in [-0.05, 0) is 25.1 Å². The molecule has 0 aromatic carbocycles. The molecule has 1 amide bonds. The zero-order valence-corrected chi connectivity index (χ0v) is 10.6. The molecule has 0 spiro atoms. The van der Waals surface area contributed by atoms with Crippen LogP contribution in [0.2, 0.25) is 0 Å². The Morgan fingerprint density at radius 1 is 1.44 bits per heavy atom. The van der Waals surface area contributed by atoms with Crippen LogP contribution in [-0.4, -0.2) is 26.8 Å². The van der Waals surface area contributed by atoms with Gasteiger partial charge in [-0.25, -0.2) is 4.79 Å². The molecule has 2 heterocycles. The molecule has 2 N–H and O–H groups in total. The summed E-state index contributed by atoms with van der Waals surface area (Å²) in [6.07, 6.45) is 0. The number of aromatic carboxylic acids is 1. The Balaban J connectivity index is 2.13. The van der Waals surface area contributed by atoms with Crippen LogP contribution in [0.3, 0.4) is 0 Å². The average Bonchev–Trinajstić information content (AvgIpc) is 2.87. The van der Waals surface area contributed by atoms with Gasteiger partial charge in [0, 0.05) is 12.7 Å². The van der Waals surface area contributed by atoms with Crippen molar-refractivity contribution in [3.8, 4) is 0 Å². The van der Waals surface area contributed by atoms with E-state index in [0.29, 0.717) is 10.7 Å². The van der Waals surface area contributed by atoms with E-state index in [9.17, 15) is 9.59 Å². The number of aryl methyl sites for hydroxylation is 2. The van der Waals surface area contributed by atoms with Crippen molar-refractivity contribution in [3.05, 3.63) is 34.5 Å². The van der Waals surface area contributed by atoms with Crippen molar-refractivity contribution in [2.24, 2.45) is 7.05 Å². The number of aromatic nitrogens is 2. The van der Waals surface area contributed by atoms with E-state index in [1.165, 1.54) is 6.07 Å². The second-order valence-corrected chi connectivity index (χ2v) is 4.80. The fourth-order valence-corrected chi connectivity index (χ4v) is 2.11. The van der Waals surface area contributed by atoms with Gasteiger partial charge in [-0.2, -0.15) is 5.10 Å². The molecule has 0 saturated carbocycles. The largest absolute Gasteiger partial charge is 0.477 e. The third kappa shape index (κ3) is 2.40. The highest BCUT2D eigenvalue weighted by molar-refractivity contribution is 7.18. The number of carboxylic acids is 1. The summed E-state index contributed by atoms with van der Waals surface area (Å²) in [7, 11) is 1.75. The Hall–Kier alpha value is -2.15. The molecule has 6 nitrogen and oxygen atoms in total. The van der Waals surface area contributed by atoms with Gasteiger partial charge in [0.2, 0.25) is 0 Å². The van der Waals surface area contributed by atoms with Gasteiger partial charge in [-0.3, -0.25) is 9.48 Å². The zero-order valence-electron chi connectivity index (χ0n) is 9.80. The number of hydrogen-bond acceptors (Lipinski definition) is 4. The van der Waals surface area contributed by atoms with Crippen LogP contribution in [0.5, 0.6) is 0 Å². The number of carbonyl (C=O) groups excluding carboxylic acids is 1. The molecule has 0 aliphatic carbocycles. The molecule has 0 aliphatic rings. The van der Waals surface area contributed by atoms with E-state index < -0.39 is 5.97 Å². The van der Waals surface area contributed by atoms with Gasteiger partial charge in [-0.1, -0.05) is 0 Å². The van der Waals surface area contributed by atoms with Crippen molar-refractivity contribution >= 4 is 28.2 Å². The van der Waals surface area contributed by atoms with E-state index in [1.54, 1.807) is 23.9 Å². The van der Waals surface area contributed by atoms with E-state index in [4.69, 9.17) is 5.11 Å². The first-order valence-electron chi connectivity index (χ1n) is 5.12. The first kappa shape index (κ1) is 12.3. The highest BCUT2D eigenvalue weighted by Gasteiger charge is 2.13. The van der Waals surface area contributed by atoms with Crippen LogP contribution in [0.1, 0.15) is 25.9 Å². The highest BCUT2D eigenvalue weighted by atomic mass is 32.1. The molecule has 2 aromatic rings. The van der Waals surface area contributed by atoms with Crippen LogP contribution >= 0.6 is 11.3 Å². The van der Waals surface area contributed by atoms with Gasteiger partial charge < -0.3 is 10.4 Å². The van der Waals surface area contributed by atoms with Crippen LogP contribution in [0.4, 0.5) is 5.00 Å². The monoisotopic (exact) mass is 265 g/mol. The number of nitrogens with one attached hydrogen (secondary N) is 1. The van der Waals surface area contributed by atoms with Crippen LogP contribution in [0.25, 0.3) is 0 Å². The topological polar surface area (TPSA) is 84.2 Å². The summed E-state index contributed by atoms with van der Waals surface area (Å²) in [5.41, 5.74) is 1.18. The fraction of sp³-hybridized carbons (Fsp3) is 0.182. The molecule has 18 heavy (non-hydrogen) atoms. The Morgan fingerprint density at radius 2 is 2.17 bits per heavy atom. The molecule has 2 rings (SSSR count). The number of carboxylic acid groups (broad SMARTS) is 1. The number of amides is 1. The Bertz CT molecular complexity index is 595. The third-order valence-corrected chi connectivity index (χ3v) is 3.39. The lowest BCUT2D eigenvalue weighted by Gasteiger charge is -1.98. The molecular weight excluding hydrogens is 254 g/mol. The summed E-state index contributed by atoms with van der Waals surface area (Å²) in [6.45, 7) is 1.84. The van der Waals surface area contributed by atoms with Gasteiger partial charge in [0.05, 0.1) is 5.00 Å². The van der Waals surface area contributed by atoms with Crippen LogP contribution in [0, 0.1) is 6.92 Å². The first-order chi connectivity index (χ1) is 8.47. The minimum atomic E-state index is -1.01. The predicted octanol–water partition coefficient (Wildman–Crippen LogP) is 1.74. The third-order valence-electron chi connectivity index (χ3n) is 2.40. The van der Waals surface area contributed by atoms with Crippen LogP contribution in [0.15, 0.2) is 18.2 Å². The maximum atomic E-state index is 11.8. The summed E-state index contributed by atoms with van der Waals surface area (Å²) < 4.78 is 1.60. The Morgan fingerprint density at radius 3 is 2.67 bits per heavy atom. The van der Waals surface area contributed by atoms with Gasteiger partial charge >= 0.3 is 5.97 Å². The minimum Gasteiger partial charge on any atom is -0.477 e. The smallest absolute Gasteiger partial charge is 0.345 e. The highest BCUT2D eigenvalue weighted by Crippen LogP contribution is 2.22. The second-order valence-electron chi connectivity index (χ2n) is 3.72. The minimum absolute atomic E-state index is 0.183. The van der Waals surface area contributed by atoms with Gasteiger partial charge in [0.15, 0.2) is 5.69 Å². The lowest BCUT2D eigenvalue weighted by Crippen LogP contribution is -2.12. The number of nitrogens with zero attached hydrogens (tertiary/aromatic N) is 2. The van der Waals surface area contributed by atoms with E-state index >= 15 is 0 Å². The summed E-state index contributed by atoms with van der Waals surface area (Å²) in [5, 5.41) is 15.9. The summed E-state index contributed by atoms with van der Waals surface area (Å²) in [6, 6.07) is 4.68. The average molecular weight is 265 g/mol. The van der Waals surface area contributed by atoms with Crippen LogP contribution < -0.4 is 5.32 Å². The number of rotatable bonds is 3. The molecule has 0 bridgehead atoms. The molecule has 0 aliphatic heterocycles. The Labute approximate surface area is 107 Å². The van der Waals surface area contributed by atoms with E-state index in [2.05, 4.69) is 10.4 Å². The number of carbonyl (C=O) groups is 2. The molecular formula is C11H11N3O3S. The lowest BCUT2D eigenvalue weighted by molar-refractivity contribution is 0.0702. The van der Waals surface area contributed by atoms with Gasteiger partial charge in [-0.15, -0.1) is 11.3 Å². The maximum absolute atomic E-state index is 11.8. The van der Waals surface area contributed by atoms with Crippen molar-refractivity contribution < 1.29 is 14.7 Å².